The first-order valence-corrected chi connectivity index (χ1v) is 12.7. The number of para-hydroxylation sites is 1. The van der Waals surface area contributed by atoms with Crippen LogP contribution in [0.15, 0.2) is 87.6 Å². The zero-order valence-corrected chi connectivity index (χ0v) is 22.3. The number of esters is 1. The van der Waals surface area contributed by atoms with Crippen molar-refractivity contribution < 1.29 is 23.4 Å². The van der Waals surface area contributed by atoms with Crippen LogP contribution in [0.5, 0.6) is 17.2 Å². The number of benzene rings is 3. The lowest BCUT2D eigenvalue weighted by molar-refractivity contribution is -0.132. The number of furan rings is 1. The van der Waals surface area contributed by atoms with Crippen molar-refractivity contribution in [2.45, 2.75) is 20.3 Å². The molecule has 202 valence electrons. The molecule has 5 rings (SSSR count). The van der Waals surface area contributed by atoms with Gasteiger partial charge in [0.2, 0.25) is 5.82 Å². The van der Waals surface area contributed by atoms with Crippen LogP contribution in [-0.2, 0) is 11.2 Å². The van der Waals surface area contributed by atoms with Gasteiger partial charge in [-0.2, -0.15) is 9.78 Å². The molecule has 0 saturated carbocycles. The molecule has 3 aromatic carbocycles. The summed E-state index contributed by atoms with van der Waals surface area (Å²) in [5.41, 5.74) is 2.04. The van der Waals surface area contributed by atoms with E-state index in [2.05, 4.69) is 11.7 Å². The average molecular weight is 538 g/mol. The lowest BCUT2D eigenvalue weighted by Crippen LogP contribution is -2.20. The van der Waals surface area contributed by atoms with Crippen LogP contribution >= 0.6 is 0 Å². The van der Waals surface area contributed by atoms with Crippen LogP contribution in [0.3, 0.4) is 0 Å². The summed E-state index contributed by atoms with van der Waals surface area (Å²) >= 11 is 0. The molecule has 0 atom stereocenters. The Hall–Kier alpha value is -5.18. The van der Waals surface area contributed by atoms with E-state index in [0.717, 1.165) is 5.39 Å². The summed E-state index contributed by atoms with van der Waals surface area (Å²) in [4.78, 5) is 30.1. The van der Waals surface area contributed by atoms with E-state index in [9.17, 15) is 9.59 Å². The first-order valence-electron chi connectivity index (χ1n) is 12.7. The highest BCUT2D eigenvalue weighted by Gasteiger charge is 2.19. The van der Waals surface area contributed by atoms with Crippen LogP contribution in [-0.4, -0.2) is 35.6 Å². The number of carbonyl (C=O) groups excluding carboxylic acids is 1. The highest BCUT2D eigenvalue weighted by Crippen LogP contribution is 2.35. The molecule has 5 aromatic rings. The van der Waals surface area contributed by atoms with Gasteiger partial charge in [-0.1, -0.05) is 24.3 Å². The maximum Gasteiger partial charge on any atom is 0.308 e. The quantitative estimate of drug-likeness (QED) is 0.102. The molecule has 0 aliphatic heterocycles. The third-order valence-corrected chi connectivity index (χ3v) is 6.10. The molecule has 0 aliphatic carbocycles. The fourth-order valence-electron chi connectivity index (χ4n) is 4.42. The summed E-state index contributed by atoms with van der Waals surface area (Å²) in [6.45, 7) is 7.32. The maximum atomic E-state index is 13.6. The molecule has 2 heterocycles. The lowest BCUT2D eigenvalue weighted by atomic mass is 10.1. The van der Waals surface area contributed by atoms with Crippen LogP contribution in [0.1, 0.15) is 25.0 Å². The van der Waals surface area contributed by atoms with Gasteiger partial charge < -0.3 is 18.6 Å². The normalized spacial score (nSPS) is 11.3. The van der Waals surface area contributed by atoms with Gasteiger partial charge in [-0.05, 0) is 61.4 Å². The molecule has 9 heteroatoms. The minimum Gasteiger partial charge on any atom is -0.496 e. The molecule has 2 aromatic heterocycles. The van der Waals surface area contributed by atoms with Crippen LogP contribution in [0.25, 0.3) is 33.5 Å². The van der Waals surface area contributed by atoms with Crippen molar-refractivity contribution in [3.63, 3.8) is 0 Å². The van der Waals surface area contributed by atoms with E-state index in [4.69, 9.17) is 23.6 Å². The Morgan fingerprint density at radius 1 is 1.10 bits per heavy atom. The predicted molar refractivity (Wildman–Crippen MR) is 154 cm³/mol. The summed E-state index contributed by atoms with van der Waals surface area (Å²) in [5.74, 6) is 1.46. The largest absolute Gasteiger partial charge is 0.496 e. The van der Waals surface area contributed by atoms with E-state index in [0.29, 0.717) is 63.6 Å². The minimum absolute atomic E-state index is 0.228. The van der Waals surface area contributed by atoms with Crippen molar-refractivity contribution in [2.75, 3.05) is 13.7 Å². The lowest BCUT2D eigenvalue weighted by Gasteiger charge is -2.14. The Balaban J connectivity index is 1.69. The number of ether oxygens (including phenoxy) is 3. The molecule has 0 spiro atoms. The summed E-state index contributed by atoms with van der Waals surface area (Å²) in [7, 11) is 1.58. The standard InChI is InChI=1S/C31H27N3O6/c1-5-10-21-15-20(16-27(38-6-2)29(21)39-19(3)35)18-32-34-30(33-24-12-8-7-11-22(24)31(34)36)28-17-23-25(37-4)13-9-14-26(23)40-28/h5,7-9,11-18H,1,6,10H2,2-4H3. The van der Waals surface area contributed by atoms with Gasteiger partial charge in [-0.15, -0.1) is 6.58 Å². The Morgan fingerprint density at radius 2 is 1.93 bits per heavy atom. The van der Waals surface area contributed by atoms with Gasteiger partial charge in [0.1, 0.15) is 11.3 Å². The fraction of sp³-hybridized carbons (Fsp3) is 0.161. The van der Waals surface area contributed by atoms with Crippen molar-refractivity contribution in [3.8, 4) is 28.8 Å². The molecule has 9 nitrogen and oxygen atoms in total. The van der Waals surface area contributed by atoms with Gasteiger partial charge in [-0.3, -0.25) is 9.59 Å². The molecule has 40 heavy (non-hydrogen) atoms. The van der Waals surface area contributed by atoms with Crippen LogP contribution in [0.4, 0.5) is 0 Å². The second kappa shape index (κ2) is 11.3. The van der Waals surface area contributed by atoms with E-state index in [1.54, 1.807) is 49.6 Å². The molecular formula is C31H27N3O6. The van der Waals surface area contributed by atoms with Crippen LogP contribution < -0.4 is 19.8 Å². The van der Waals surface area contributed by atoms with E-state index in [-0.39, 0.29) is 11.4 Å². The maximum absolute atomic E-state index is 13.6. The first-order chi connectivity index (χ1) is 19.4. The number of methoxy groups -OCH3 is 1. The van der Waals surface area contributed by atoms with E-state index in [1.165, 1.54) is 17.8 Å². The van der Waals surface area contributed by atoms with Crippen molar-refractivity contribution in [3.05, 3.63) is 94.8 Å². The number of hydrogen-bond acceptors (Lipinski definition) is 8. The van der Waals surface area contributed by atoms with E-state index >= 15 is 0 Å². The summed E-state index contributed by atoms with van der Waals surface area (Å²) < 4.78 is 24.0. The first kappa shape index (κ1) is 26.4. The van der Waals surface area contributed by atoms with Gasteiger partial charge in [0.25, 0.3) is 5.56 Å². The van der Waals surface area contributed by atoms with Crippen LogP contribution in [0, 0.1) is 0 Å². The monoisotopic (exact) mass is 537 g/mol. The molecule has 0 amide bonds. The van der Waals surface area contributed by atoms with Crippen molar-refractivity contribution >= 4 is 34.1 Å². The number of aromatic nitrogens is 2. The number of rotatable bonds is 9. The highest BCUT2D eigenvalue weighted by molar-refractivity contribution is 5.89. The second-order valence-corrected chi connectivity index (χ2v) is 8.82. The third kappa shape index (κ3) is 5.09. The summed E-state index contributed by atoms with van der Waals surface area (Å²) in [6, 6.07) is 17.8. The highest BCUT2D eigenvalue weighted by atomic mass is 16.6. The van der Waals surface area contributed by atoms with Crippen molar-refractivity contribution in [1.82, 2.24) is 9.66 Å². The zero-order chi connectivity index (χ0) is 28.2. The summed E-state index contributed by atoms with van der Waals surface area (Å²) in [5, 5.41) is 5.70. The van der Waals surface area contributed by atoms with E-state index in [1.807, 2.05) is 31.2 Å². The van der Waals surface area contributed by atoms with Crippen molar-refractivity contribution in [1.29, 1.82) is 0 Å². The Kier molecular flexibility index (Phi) is 7.46. The Bertz CT molecular complexity index is 1830. The molecule has 0 bridgehead atoms. The Labute approximate surface area is 229 Å². The number of fused-ring (bicyclic) bond motifs is 2. The number of nitrogens with zero attached hydrogens (tertiary/aromatic N) is 3. The van der Waals surface area contributed by atoms with Gasteiger partial charge in [0.15, 0.2) is 17.3 Å². The van der Waals surface area contributed by atoms with Gasteiger partial charge in [0, 0.05) is 12.5 Å². The molecular weight excluding hydrogens is 510 g/mol. The van der Waals surface area contributed by atoms with Gasteiger partial charge in [-0.25, -0.2) is 4.98 Å². The van der Waals surface area contributed by atoms with Crippen LogP contribution in [0.2, 0.25) is 0 Å². The molecule has 0 saturated heterocycles. The molecule has 0 unspecified atom stereocenters. The zero-order valence-electron chi connectivity index (χ0n) is 22.3. The molecule has 0 fully saturated rings. The predicted octanol–water partition coefficient (Wildman–Crippen LogP) is 5.75. The molecule has 0 N–H and O–H groups in total. The average Bonchev–Trinajstić information content (AvgIpc) is 3.39. The number of carbonyl (C=O) groups is 1. The topological polar surface area (TPSA) is 105 Å². The Morgan fingerprint density at radius 3 is 2.67 bits per heavy atom. The minimum atomic E-state index is -0.464. The molecule has 0 radical (unpaired) electrons. The molecule has 0 aliphatic rings. The number of hydrogen-bond donors (Lipinski definition) is 0. The van der Waals surface area contributed by atoms with E-state index < -0.39 is 5.97 Å². The fourth-order valence-corrected chi connectivity index (χ4v) is 4.42. The van der Waals surface area contributed by atoms with Gasteiger partial charge >= 0.3 is 5.97 Å². The smallest absolute Gasteiger partial charge is 0.308 e. The van der Waals surface area contributed by atoms with Gasteiger partial charge in [0.05, 0.1) is 36.2 Å². The second-order valence-electron chi connectivity index (χ2n) is 8.82. The number of allylic oxidation sites excluding steroid dienone is 1. The SMILES string of the molecule is C=CCc1cc(C=Nn2c(-c3cc4c(OC)cccc4o3)nc3ccccc3c2=O)cc(OCC)c1OC(C)=O. The third-order valence-electron chi connectivity index (χ3n) is 6.10. The summed E-state index contributed by atoms with van der Waals surface area (Å²) in [6.07, 6.45) is 3.65. The van der Waals surface area contributed by atoms with Crippen molar-refractivity contribution in [2.24, 2.45) is 5.10 Å².